The van der Waals surface area contributed by atoms with E-state index in [1.807, 2.05) is 52.8 Å². The van der Waals surface area contributed by atoms with Gasteiger partial charge in [-0.2, -0.15) is 18.2 Å². The molecule has 2 aromatic carbocycles. The number of benzene rings is 2. The maximum Gasteiger partial charge on any atom is 0.490 e. The maximum absolute atomic E-state index is 14.0. The highest BCUT2D eigenvalue weighted by molar-refractivity contribution is 7.20. The highest BCUT2D eigenvalue weighted by atomic mass is 32.1. The van der Waals surface area contributed by atoms with Gasteiger partial charge in [-0.05, 0) is 90.8 Å². The summed E-state index contributed by atoms with van der Waals surface area (Å²) in [6, 6.07) is 15.2. The van der Waals surface area contributed by atoms with Crippen molar-refractivity contribution in [2.45, 2.75) is 77.9 Å². The number of esters is 1. The highest BCUT2D eigenvalue weighted by Crippen LogP contribution is 2.41. The van der Waals surface area contributed by atoms with E-state index >= 15 is 0 Å². The van der Waals surface area contributed by atoms with Gasteiger partial charge in [0.15, 0.2) is 0 Å². The van der Waals surface area contributed by atoms with Gasteiger partial charge in [0.1, 0.15) is 28.8 Å². The monoisotopic (exact) mass is 698 g/mol. The first-order valence-electron chi connectivity index (χ1n) is 16.0. The van der Waals surface area contributed by atoms with Crippen LogP contribution in [-0.2, 0) is 16.0 Å². The van der Waals surface area contributed by atoms with Crippen LogP contribution in [0.4, 0.5) is 17.6 Å². The molecule has 0 aliphatic rings. The first kappa shape index (κ1) is 35.9. The Labute approximate surface area is 285 Å². The van der Waals surface area contributed by atoms with E-state index in [1.54, 1.807) is 30.5 Å². The maximum atomic E-state index is 14.0. The number of aryl methyl sites for hydroxylation is 1. The summed E-state index contributed by atoms with van der Waals surface area (Å²) in [7, 11) is 0. The van der Waals surface area contributed by atoms with Gasteiger partial charge in [0, 0.05) is 34.9 Å². The lowest BCUT2D eigenvalue weighted by molar-refractivity contribution is -0.205. The number of halogens is 4. The number of nitrogens with zero attached hydrogens (tertiary/aromatic N) is 3. The Hall–Kier alpha value is -4.36. The lowest BCUT2D eigenvalue weighted by Crippen LogP contribution is -2.32. The van der Waals surface area contributed by atoms with Crippen molar-refractivity contribution in [2.24, 2.45) is 0 Å². The average Bonchev–Trinajstić information content (AvgIpc) is 3.44. The van der Waals surface area contributed by atoms with Crippen molar-refractivity contribution in [3.05, 3.63) is 77.9 Å². The number of unbranched alkanes of at least 4 members (excludes halogenated alkanes) is 1. The molecule has 3 aromatic heterocycles. The minimum atomic E-state index is -5.17. The lowest BCUT2D eigenvalue weighted by atomic mass is 10.0. The number of nitrogens with one attached hydrogen (secondary N) is 1. The normalized spacial score (nSPS) is 12.9. The second kappa shape index (κ2) is 15.0. The molecule has 0 bridgehead atoms. The van der Waals surface area contributed by atoms with E-state index in [2.05, 4.69) is 15.3 Å². The number of hydrogen-bond acceptors (Lipinski definition) is 9. The van der Waals surface area contributed by atoms with Crippen LogP contribution < -0.4 is 14.8 Å². The van der Waals surface area contributed by atoms with Crippen LogP contribution in [0.1, 0.15) is 64.8 Å². The third-order valence-corrected chi connectivity index (χ3v) is 8.20. The molecule has 0 aliphatic heterocycles. The standard InChI is InChI=1S/C36H38F4N4O4S/c1-21(2)46-34-44-31-27(48-35(3,4)5)15-14-26(32(31)49-34)28(47-33(45)36(38,39)40)20-41-16-7-6-13-25-19-23-11-9-17-42-29(23)30(43-25)22-10-8-12-24(37)18-22/h8-12,14-15,17-19,21,28,41H,6-7,13,16,20H2,1-5H3/t28-/m0/s1. The van der Waals surface area contributed by atoms with Crippen molar-refractivity contribution >= 4 is 38.4 Å². The molecule has 5 rings (SSSR count). The lowest BCUT2D eigenvalue weighted by Gasteiger charge is -2.23. The Balaban J connectivity index is 1.31. The van der Waals surface area contributed by atoms with Gasteiger partial charge < -0.3 is 19.5 Å². The molecule has 0 aliphatic carbocycles. The highest BCUT2D eigenvalue weighted by Gasteiger charge is 2.43. The van der Waals surface area contributed by atoms with Crippen molar-refractivity contribution in [1.29, 1.82) is 0 Å². The van der Waals surface area contributed by atoms with E-state index < -0.39 is 23.9 Å². The average molecular weight is 699 g/mol. The van der Waals surface area contributed by atoms with Crippen molar-refractivity contribution in [2.75, 3.05) is 13.1 Å². The van der Waals surface area contributed by atoms with Crippen molar-refractivity contribution in [3.8, 4) is 22.2 Å². The van der Waals surface area contributed by atoms with Gasteiger partial charge in [0.05, 0.1) is 22.0 Å². The largest absolute Gasteiger partial charge is 0.490 e. The minimum absolute atomic E-state index is 0.0712. The molecule has 5 aromatic rings. The summed E-state index contributed by atoms with van der Waals surface area (Å²) in [5.74, 6) is -2.21. The molecular formula is C36H38F4N4O4S. The number of pyridine rings is 2. The van der Waals surface area contributed by atoms with Gasteiger partial charge in [-0.3, -0.25) is 9.97 Å². The molecule has 3 heterocycles. The summed E-state index contributed by atoms with van der Waals surface area (Å²) < 4.78 is 71.6. The van der Waals surface area contributed by atoms with E-state index in [4.69, 9.17) is 19.2 Å². The molecule has 0 spiro atoms. The van der Waals surface area contributed by atoms with E-state index in [0.29, 0.717) is 69.3 Å². The number of ether oxygens (including phenoxy) is 3. The Morgan fingerprint density at radius 3 is 2.49 bits per heavy atom. The third kappa shape index (κ3) is 9.42. The summed E-state index contributed by atoms with van der Waals surface area (Å²) in [6.07, 6.45) is -2.99. The van der Waals surface area contributed by atoms with Crippen LogP contribution in [-0.4, -0.2) is 51.9 Å². The van der Waals surface area contributed by atoms with Crippen molar-refractivity contribution in [1.82, 2.24) is 20.3 Å². The number of fused-ring (bicyclic) bond motifs is 2. The smallest absolute Gasteiger partial charge is 0.486 e. The van der Waals surface area contributed by atoms with Crippen LogP contribution >= 0.6 is 11.3 Å². The molecule has 0 fully saturated rings. The molecule has 0 unspecified atom stereocenters. The number of carbonyl (C=O) groups excluding carboxylic acids is 1. The summed E-state index contributed by atoms with van der Waals surface area (Å²) in [4.78, 5) is 25.9. The molecule has 1 atom stereocenters. The van der Waals surface area contributed by atoms with Crippen LogP contribution in [0, 0.1) is 5.82 Å². The summed E-state index contributed by atoms with van der Waals surface area (Å²) in [5.41, 5.74) is 2.91. The van der Waals surface area contributed by atoms with Gasteiger partial charge in [-0.25, -0.2) is 9.18 Å². The van der Waals surface area contributed by atoms with Crippen LogP contribution in [0.2, 0.25) is 0 Å². The zero-order chi connectivity index (χ0) is 35.3. The Morgan fingerprint density at radius 2 is 1.78 bits per heavy atom. The number of alkyl halides is 3. The molecule has 0 saturated heterocycles. The second-order valence-electron chi connectivity index (χ2n) is 12.8. The van der Waals surface area contributed by atoms with Gasteiger partial charge in [-0.15, -0.1) is 0 Å². The first-order chi connectivity index (χ1) is 23.2. The fourth-order valence-corrected chi connectivity index (χ4v) is 6.32. The van der Waals surface area contributed by atoms with Crippen LogP contribution in [0.3, 0.4) is 0 Å². The predicted octanol–water partition coefficient (Wildman–Crippen LogP) is 8.77. The van der Waals surface area contributed by atoms with Gasteiger partial charge in [0.2, 0.25) is 0 Å². The predicted molar refractivity (Wildman–Crippen MR) is 181 cm³/mol. The number of carbonyl (C=O) groups is 1. The van der Waals surface area contributed by atoms with E-state index in [-0.39, 0.29) is 18.5 Å². The first-order valence-corrected chi connectivity index (χ1v) is 16.8. The summed E-state index contributed by atoms with van der Waals surface area (Å²) in [5, 5.41) is 4.37. The topological polar surface area (TPSA) is 95.5 Å². The van der Waals surface area contributed by atoms with E-state index in [1.165, 1.54) is 12.1 Å². The van der Waals surface area contributed by atoms with Crippen molar-refractivity contribution < 1.29 is 36.6 Å². The Kier molecular flexibility index (Phi) is 11.0. The fourth-order valence-electron chi connectivity index (χ4n) is 5.21. The molecular weight excluding hydrogens is 660 g/mol. The molecule has 0 amide bonds. The van der Waals surface area contributed by atoms with Crippen molar-refractivity contribution in [3.63, 3.8) is 0 Å². The fraction of sp³-hybridized carbons (Fsp3) is 0.389. The van der Waals surface area contributed by atoms with Gasteiger partial charge >= 0.3 is 12.1 Å². The minimum Gasteiger partial charge on any atom is -0.486 e. The third-order valence-electron chi connectivity index (χ3n) is 7.20. The van der Waals surface area contributed by atoms with E-state index in [9.17, 15) is 22.4 Å². The summed E-state index contributed by atoms with van der Waals surface area (Å²) >= 11 is 1.16. The zero-order valence-corrected chi connectivity index (χ0v) is 28.7. The van der Waals surface area contributed by atoms with Crippen LogP contribution in [0.15, 0.2) is 60.8 Å². The Morgan fingerprint density at radius 1 is 0.980 bits per heavy atom. The molecule has 1 N–H and O–H groups in total. The van der Waals surface area contributed by atoms with Crippen LogP contribution in [0.25, 0.3) is 32.4 Å². The number of aromatic nitrogens is 3. The van der Waals surface area contributed by atoms with E-state index in [0.717, 1.165) is 22.4 Å². The zero-order valence-electron chi connectivity index (χ0n) is 27.9. The second-order valence-corrected chi connectivity index (χ2v) is 13.8. The molecule has 0 radical (unpaired) electrons. The molecule has 8 nitrogen and oxygen atoms in total. The van der Waals surface area contributed by atoms with Crippen LogP contribution in [0.5, 0.6) is 10.9 Å². The Bertz CT molecular complexity index is 1920. The SMILES string of the molecule is CC(C)Oc1nc2c(OC(C)(C)C)ccc([C@H](CNCCCCc3cc4cccnc4c(-c4cccc(F)c4)n3)OC(=O)C(F)(F)F)c2s1. The number of rotatable bonds is 13. The molecule has 0 saturated carbocycles. The number of hydrogen-bond donors (Lipinski definition) is 1. The number of thiazole rings is 1. The quantitative estimate of drug-likeness (QED) is 0.0741. The molecule has 13 heteroatoms. The molecule has 260 valence electrons. The molecule has 49 heavy (non-hydrogen) atoms. The van der Waals surface area contributed by atoms with Gasteiger partial charge in [0.25, 0.3) is 5.19 Å². The van der Waals surface area contributed by atoms with Gasteiger partial charge in [-0.1, -0.05) is 35.6 Å². The summed E-state index contributed by atoms with van der Waals surface area (Å²) in [6.45, 7) is 9.67.